The SMILES string of the molecule is CC1CC1C(O)CC1CCC1. The predicted molar refractivity (Wildman–Crippen MR) is 45.2 cm³/mol. The molecule has 2 saturated carbocycles. The van der Waals surface area contributed by atoms with Gasteiger partial charge in [0.1, 0.15) is 0 Å². The van der Waals surface area contributed by atoms with Gasteiger partial charge in [0.15, 0.2) is 0 Å². The van der Waals surface area contributed by atoms with Gasteiger partial charge in [0.05, 0.1) is 6.10 Å². The molecule has 0 saturated heterocycles. The third-order valence-corrected chi connectivity index (χ3v) is 3.47. The van der Waals surface area contributed by atoms with Crippen LogP contribution in [0.25, 0.3) is 0 Å². The van der Waals surface area contributed by atoms with Crippen molar-refractivity contribution in [2.24, 2.45) is 17.8 Å². The van der Waals surface area contributed by atoms with Crippen LogP contribution in [0.5, 0.6) is 0 Å². The Balaban J connectivity index is 1.68. The average molecular weight is 154 g/mol. The molecule has 0 radical (unpaired) electrons. The zero-order valence-electron chi connectivity index (χ0n) is 7.29. The first-order valence-electron chi connectivity index (χ1n) is 4.95. The topological polar surface area (TPSA) is 20.2 Å². The Kier molecular flexibility index (Phi) is 1.92. The van der Waals surface area contributed by atoms with Crippen LogP contribution in [-0.2, 0) is 0 Å². The van der Waals surface area contributed by atoms with E-state index in [2.05, 4.69) is 6.92 Å². The summed E-state index contributed by atoms with van der Waals surface area (Å²) in [4.78, 5) is 0. The summed E-state index contributed by atoms with van der Waals surface area (Å²) in [5.41, 5.74) is 0. The summed E-state index contributed by atoms with van der Waals surface area (Å²) in [7, 11) is 0. The Morgan fingerprint density at radius 1 is 1.45 bits per heavy atom. The van der Waals surface area contributed by atoms with Crippen LogP contribution < -0.4 is 0 Å². The molecule has 3 atom stereocenters. The number of rotatable bonds is 3. The molecule has 1 heteroatoms. The predicted octanol–water partition coefficient (Wildman–Crippen LogP) is 2.19. The van der Waals surface area contributed by atoms with Crippen LogP contribution >= 0.6 is 0 Å². The van der Waals surface area contributed by atoms with E-state index in [9.17, 15) is 5.11 Å². The summed E-state index contributed by atoms with van der Waals surface area (Å²) >= 11 is 0. The van der Waals surface area contributed by atoms with Crippen molar-refractivity contribution >= 4 is 0 Å². The molecule has 0 amide bonds. The van der Waals surface area contributed by atoms with Crippen LogP contribution in [0.2, 0.25) is 0 Å². The summed E-state index contributed by atoms with van der Waals surface area (Å²) in [6.07, 6.45) is 6.55. The fourth-order valence-corrected chi connectivity index (χ4v) is 2.13. The van der Waals surface area contributed by atoms with Gasteiger partial charge in [0.25, 0.3) is 0 Å². The zero-order valence-corrected chi connectivity index (χ0v) is 7.29. The van der Waals surface area contributed by atoms with Crippen molar-refractivity contribution in [3.8, 4) is 0 Å². The minimum atomic E-state index is 0.0373. The Hall–Kier alpha value is -0.0400. The molecule has 0 spiro atoms. The summed E-state index contributed by atoms with van der Waals surface area (Å²) in [6.45, 7) is 2.24. The molecule has 2 aliphatic carbocycles. The lowest BCUT2D eigenvalue weighted by Crippen LogP contribution is -2.21. The van der Waals surface area contributed by atoms with Gasteiger partial charge in [-0.2, -0.15) is 0 Å². The van der Waals surface area contributed by atoms with E-state index in [0.717, 1.165) is 18.3 Å². The van der Waals surface area contributed by atoms with Gasteiger partial charge in [-0.25, -0.2) is 0 Å². The van der Waals surface area contributed by atoms with E-state index in [0.29, 0.717) is 5.92 Å². The highest BCUT2D eigenvalue weighted by Crippen LogP contribution is 2.44. The van der Waals surface area contributed by atoms with Crippen LogP contribution in [0.1, 0.15) is 39.0 Å². The van der Waals surface area contributed by atoms with Gasteiger partial charge in [0.2, 0.25) is 0 Å². The van der Waals surface area contributed by atoms with Crippen molar-refractivity contribution in [1.29, 1.82) is 0 Å². The van der Waals surface area contributed by atoms with Gasteiger partial charge in [-0.05, 0) is 30.6 Å². The lowest BCUT2D eigenvalue weighted by Gasteiger charge is -2.27. The fraction of sp³-hybridized carbons (Fsp3) is 1.00. The van der Waals surface area contributed by atoms with E-state index < -0.39 is 0 Å². The van der Waals surface area contributed by atoms with E-state index in [1.54, 1.807) is 0 Å². The number of hydrogen-bond acceptors (Lipinski definition) is 1. The minimum Gasteiger partial charge on any atom is -0.393 e. The molecule has 2 aliphatic rings. The normalized spacial score (nSPS) is 39.8. The highest BCUT2D eigenvalue weighted by atomic mass is 16.3. The van der Waals surface area contributed by atoms with Crippen molar-refractivity contribution in [2.45, 2.75) is 45.1 Å². The highest BCUT2D eigenvalue weighted by Gasteiger charge is 2.39. The van der Waals surface area contributed by atoms with Crippen LogP contribution in [0.4, 0.5) is 0 Å². The molecular weight excluding hydrogens is 136 g/mol. The van der Waals surface area contributed by atoms with E-state index in [4.69, 9.17) is 0 Å². The number of aliphatic hydroxyl groups is 1. The zero-order chi connectivity index (χ0) is 7.84. The van der Waals surface area contributed by atoms with Crippen LogP contribution in [0.3, 0.4) is 0 Å². The van der Waals surface area contributed by atoms with Crippen LogP contribution in [-0.4, -0.2) is 11.2 Å². The Morgan fingerprint density at radius 2 is 2.09 bits per heavy atom. The Bertz CT molecular complexity index is 140. The first-order chi connectivity index (χ1) is 5.27. The first-order valence-corrected chi connectivity index (χ1v) is 4.95. The van der Waals surface area contributed by atoms with Gasteiger partial charge in [-0.15, -0.1) is 0 Å². The maximum atomic E-state index is 9.69. The monoisotopic (exact) mass is 154 g/mol. The van der Waals surface area contributed by atoms with E-state index in [1.807, 2.05) is 0 Å². The standard InChI is InChI=1S/C10H18O/c1-7-5-9(7)10(11)6-8-3-2-4-8/h7-11H,2-6H2,1H3. The smallest absolute Gasteiger partial charge is 0.0573 e. The number of hydrogen-bond donors (Lipinski definition) is 1. The summed E-state index contributed by atoms with van der Waals surface area (Å²) in [6, 6.07) is 0. The summed E-state index contributed by atoms with van der Waals surface area (Å²) in [5.74, 6) is 2.35. The Labute approximate surface area is 68.8 Å². The maximum Gasteiger partial charge on any atom is 0.0573 e. The molecule has 1 nitrogen and oxygen atoms in total. The second-order valence-electron chi connectivity index (χ2n) is 4.48. The number of aliphatic hydroxyl groups excluding tert-OH is 1. The van der Waals surface area contributed by atoms with Crippen molar-refractivity contribution in [2.75, 3.05) is 0 Å². The van der Waals surface area contributed by atoms with Crippen LogP contribution in [0.15, 0.2) is 0 Å². The highest BCUT2D eigenvalue weighted by molar-refractivity contribution is 4.90. The second-order valence-corrected chi connectivity index (χ2v) is 4.48. The summed E-state index contributed by atoms with van der Waals surface area (Å²) in [5, 5.41) is 9.69. The molecule has 2 fully saturated rings. The molecule has 0 heterocycles. The largest absolute Gasteiger partial charge is 0.393 e. The van der Waals surface area contributed by atoms with E-state index >= 15 is 0 Å². The van der Waals surface area contributed by atoms with E-state index in [1.165, 1.54) is 25.7 Å². The lowest BCUT2D eigenvalue weighted by molar-refractivity contribution is 0.0951. The van der Waals surface area contributed by atoms with Gasteiger partial charge < -0.3 is 5.11 Å². The molecule has 64 valence electrons. The molecule has 0 aromatic heterocycles. The molecule has 11 heavy (non-hydrogen) atoms. The van der Waals surface area contributed by atoms with Gasteiger partial charge in [0, 0.05) is 0 Å². The van der Waals surface area contributed by atoms with Gasteiger partial charge in [-0.3, -0.25) is 0 Å². The third kappa shape index (κ3) is 1.58. The molecule has 1 N–H and O–H groups in total. The molecule has 3 unspecified atom stereocenters. The molecular formula is C10H18O. The Morgan fingerprint density at radius 3 is 2.45 bits per heavy atom. The maximum absolute atomic E-state index is 9.69. The van der Waals surface area contributed by atoms with E-state index in [-0.39, 0.29) is 6.10 Å². The quantitative estimate of drug-likeness (QED) is 0.660. The second kappa shape index (κ2) is 2.78. The minimum absolute atomic E-state index is 0.0373. The average Bonchev–Trinajstić information content (AvgIpc) is 2.57. The molecule has 0 bridgehead atoms. The fourth-order valence-electron chi connectivity index (χ4n) is 2.13. The van der Waals surface area contributed by atoms with Crippen molar-refractivity contribution < 1.29 is 5.11 Å². The summed E-state index contributed by atoms with van der Waals surface area (Å²) < 4.78 is 0. The molecule has 0 aromatic rings. The van der Waals surface area contributed by atoms with Crippen molar-refractivity contribution in [3.05, 3.63) is 0 Å². The van der Waals surface area contributed by atoms with Crippen molar-refractivity contribution in [3.63, 3.8) is 0 Å². The lowest BCUT2D eigenvalue weighted by atomic mass is 9.80. The third-order valence-electron chi connectivity index (χ3n) is 3.47. The van der Waals surface area contributed by atoms with Gasteiger partial charge in [-0.1, -0.05) is 26.2 Å². The first kappa shape index (κ1) is 7.60. The van der Waals surface area contributed by atoms with Crippen molar-refractivity contribution in [1.82, 2.24) is 0 Å². The molecule has 2 rings (SSSR count). The van der Waals surface area contributed by atoms with Gasteiger partial charge >= 0.3 is 0 Å². The molecule has 0 aliphatic heterocycles. The molecule has 0 aromatic carbocycles. The van der Waals surface area contributed by atoms with Crippen LogP contribution in [0, 0.1) is 17.8 Å².